The zero-order chi connectivity index (χ0) is 11.1. The Morgan fingerprint density at radius 1 is 1.60 bits per heavy atom. The Bertz CT molecular complexity index is 465. The van der Waals surface area contributed by atoms with Crippen molar-refractivity contribution in [3.8, 4) is 0 Å². The minimum Gasteiger partial charge on any atom is -0.284 e. The molecule has 0 N–H and O–H groups in total. The fourth-order valence-electron chi connectivity index (χ4n) is 1.30. The van der Waals surface area contributed by atoms with Crippen LogP contribution < -0.4 is 0 Å². The molecule has 1 aromatic rings. The molecule has 1 saturated heterocycles. The van der Waals surface area contributed by atoms with Crippen molar-refractivity contribution in [2.45, 2.75) is 17.6 Å². The van der Waals surface area contributed by atoms with Crippen LogP contribution in [0.2, 0.25) is 4.47 Å². The highest BCUT2D eigenvalue weighted by molar-refractivity contribution is 7.91. The Balaban J connectivity index is 2.40. The summed E-state index contributed by atoms with van der Waals surface area (Å²) in [6, 6.07) is 0. The predicted molar refractivity (Wildman–Crippen MR) is 56.3 cm³/mol. The average Bonchev–Trinajstić information content (AvgIpc) is 2.74. The number of rotatable bonds is 2. The second-order valence-corrected chi connectivity index (χ2v) is 6.66. The molecule has 2 heterocycles. The molecule has 2 rings (SSSR count). The van der Waals surface area contributed by atoms with Crippen LogP contribution in [0.4, 0.5) is 0 Å². The lowest BCUT2D eigenvalue weighted by molar-refractivity contribution is -0.0283. The lowest BCUT2D eigenvalue weighted by Gasteiger charge is -2.12. The summed E-state index contributed by atoms with van der Waals surface area (Å²) in [6.07, 6.45) is 0.713. The van der Waals surface area contributed by atoms with Crippen molar-refractivity contribution < 1.29 is 13.3 Å². The molecule has 1 aromatic heterocycles. The standard InChI is InChI=1S/C7H9ClN2O3S2/c1-5-6(14-7(8)9-5)15(11,12)10-3-2-4-13-10/h2-4H2,1H3. The molecule has 8 heteroatoms. The van der Waals surface area contributed by atoms with Crippen molar-refractivity contribution in [2.24, 2.45) is 0 Å². The Morgan fingerprint density at radius 3 is 2.80 bits per heavy atom. The van der Waals surface area contributed by atoms with Gasteiger partial charge < -0.3 is 0 Å². The van der Waals surface area contributed by atoms with E-state index in [9.17, 15) is 8.42 Å². The minimum absolute atomic E-state index is 0.161. The van der Waals surface area contributed by atoms with Crippen LogP contribution in [-0.4, -0.2) is 31.0 Å². The van der Waals surface area contributed by atoms with Gasteiger partial charge >= 0.3 is 0 Å². The molecule has 15 heavy (non-hydrogen) atoms. The second-order valence-electron chi connectivity index (χ2n) is 3.06. The molecule has 84 valence electrons. The number of thiazole rings is 1. The molecule has 1 fully saturated rings. The molecule has 1 aliphatic heterocycles. The Hall–Kier alpha value is -0.210. The molecular weight excluding hydrogens is 260 g/mol. The largest absolute Gasteiger partial charge is 0.284 e. The van der Waals surface area contributed by atoms with Gasteiger partial charge in [-0.05, 0) is 13.3 Å². The summed E-state index contributed by atoms with van der Waals surface area (Å²) in [6.45, 7) is 2.44. The Labute approximate surface area is 96.6 Å². The summed E-state index contributed by atoms with van der Waals surface area (Å²) in [5, 5.41) is 0. The minimum atomic E-state index is -3.57. The lowest BCUT2D eigenvalue weighted by Crippen LogP contribution is -2.26. The van der Waals surface area contributed by atoms with Crippen LogP contribution in [0.1, 0.15) is 12.1 Å². The van der Waals surface area contributed by atoms with Crippen molar-refractivity contribution in [3.05, 3.63) is 10.2 Å². The van der Waals surface area contributed by atoms with Gasteiger partial charge in [0.1, 0.15) is 0 Å². The average molecular weight is 269 g/mol. The zero-order valence-corrected chi connectivity index (χ0v) is 10.3. The molecule has 5 nitrogen and oxygen atoms in total. The summed E-state index contributed by atoms with van der Waals surface area (Å²) in [4.78, 5) is 8.89. The van der Waals surface area contributed by atoms with Crippen LogP contribution in [0.25, 0.3) is 0 Å². The Morgan fingerprint density at radius 2 is 2.33 bits per heavy atom. The van der Waals surface area contributed by atoms with Crippen molar-refractivity contribution in [1.82, 2.24) is 9.45 Å². The zero-order valence-electron chi connectivity index (χ0n) is 7.93. The number of hydrogen-bond acceptors (Lipinski definition) is 5. The highest BCUT2D eigenvalue weighted by Gasteiger charge is 2.32. The van der Waals surface area contributed by atoms with E-state index in [0.717, 1.165) is 15.8 Å². The van der Waals surface area contributed by atoms with E-state index in [1.807, 2.05) is 0 Å². The number of nitrogens with zero attached hydrogens (tertiary/aromatic N) is 2. The quantitative estimate of drug-likeness (QED) is 0.814. The molecule has 1 aliphatic rings. The molecule has 0 spiro atoms. The number of aromatic nitrogens is 1. The van der Waals surface area contributed by atoms with E-state index in [-0.39, 0.29) is 8.68 Å². The van der Waals surface area contributed by atoms with Crippen molar-refractivity contribution in [2.75, 3.05) is 13.2 Å². The monoisotopic (exact) mass is 268 g/mol. The molecular formula is C7H9ClN2O3S2. The van der Waals surface area contributed by atoms with Gasteiger partial charge in [0.25, 0.3) is 10.0 Å². The van der Waals surface area contributed by atoms with Gasteiger partial charge in [-0.2, -0.15) is 0 Å². The van der Waals surface area contributed by atoms with Gasteiger partial charge in [-0.15, -0.1) is 0 Å². The molecule has 0 atom stereocenters. The van der Waals surface area contributed by atoms with E-state index in [4.69, 9.17) is 16.4 Å². The molecule has 0 aromatic carbocycles. The van der Waals surface area contributed by atoms with E-state index in [1.165, 1.54) is 0 Å². The van der Waals surface area contributed by atoms with Crippen LogP contribution in [0, 0.1) is 6.92 Å². The molecule has 0 unspecified atom stereocenters. The number of halogens is 1. The fourth-order valence-corrected chi connectivity index (χ4v) is 4.42. The molecule has 0 aliphatic carbocycles. The van der Waals surface area contributed by atoms with Gasteiger partial charge in [0, 0.05) is 6.54 Å². The number of hydrogen-bond donors (Lipinski definition) is 0. The SMILES string of the molecule is Cc1nc(Cl)sc1S(=O)(=O)N1CCCO1. The first-order valence-corrected chi connectivity index (χ1v) is 6.94. The van der Waals surface area contributed by atoms with Gasteiger partial charge in [0.05, 0.1) is 12.3 Å². The van der Waals surface area contributed by atoms with Crippen LogP contribution in [0.5, 0.6) is 0 Å². The number of hydroxylamine groups is 1. The van der Waals surface area contributed by atoms with Gasteiger partial charge in [-0.3, -0.25) is 4.84 Å². The predicted octanol–water partition coefficient (Wildman–Crippen LogP) is 1.43. The summed E-state index contributed by atoms with van der Waals surface area (Å²) in [5.41, 5.74) is 0.417. The molecule has 0 amide bonds. The van der Waals surface area contributed by atoms with E-state index in [2.05, 4.69) is 4.98 Å². The summed E-state index contributed by atoms with van der Waals surface area (Å²) in [7, 11) is -3.57. The lowest BCUT2D eigenvalue weighted by atomic mass is 10.5. The second kappa shape index (κ2) is 3.99. The van der Waals surface area contributed by atoms with Gasteiger partial charge in [0.15, 0.2) is 8.68 Å². The van der Waals surface area contributed by atoms with Gasteiger partial charge in [0.2, 0.25) is 0 Å². The summed E-state index contributed by atoms with van der Waals surface area (Å²) >= 11 is 6.61. The smallest absolute Gasteiger partial charge is 0.276 e. The summed E-state index contributed by atoms with van der Waals surface area (Å²) in [5.74, 6) is 0. The highest BCUT2D eigenvalue weighted by Crippen LogP contribution is 2.30. The number of sulfonamides is 1. The first-order valence-electron chi connectivity index (χ1n) is 4.30. The van der Waals surface area contributed by atoms with Crippen molar-refractivity contribution in [1.29, 1.82) is 0 Å². The van der Waals surface area contributed by atoms with E-state index >= 15 is 0 Å². The maximum atomic E-state index is 12.0. The van der Waals surface area contributed by atoms with Crippen LogP contribution in [0.15, 0.2) is 4.21 Å². The fraction of sp³-hybridized carbons (Fsp3) is 0.571. The van der Waals surface area contributed by atoms with E-state index < -0.39 is 10.0 Å². The molecule has 0 saturated carbocycles. The normalized spacial score (nSPS) is 18.5. The third kappa shape index (κ3) is 2.02. The van der Waals surface area contributed by atoms with Crippen molar-refractivity contribution in [3.63, 3.8) is 0 Å². The highest BCUT2D eigenvalue weighted by atomic mass is 35.5. The number of aryl methyl sites for hydroxylation is 1. The van der Waals surface area contributed by atoms with Gasteiger partial charge in [-0.1, -0.05) is 27.4 Å². The third-order valence-electron chi connectivity index (χ3n) is 1.95. The maximum absolute atomic E-state index is 12.0. The summed E-state index contributed by atoms with van der Waals surface area (Å²) < 4.78 is 25.4. The van der Waals surface area contributed by atoms with Gasteiger partial charge in [-0.25, -0.2) is 13.4 Å². The van der Waals surface area contributed by atoms with Crippen LogP contribution in [-0.2, 0) is 14.9 Å². The van der Waals surface area contributed by atoms with Crippen molar-refractivity contribution >= 4 is 33.0 Å². The van der Waals surface area contributed by atoms with Crippen LogP contribution in [0.3, 0.4) is 0 Å². The molecule has 0 bridgehead atoms. The van der Waals surface area contributed by atoms with Crippen LogP contribution >= 0.6 is 22.9 Å². The molecule has 0 radical (unpaired) electrons. The third-order valence-corrected chi connectivity index (χ3v) is 5.48. The first-order chi connectivity index (χ1) is 7.01. The topological polar surface area (TPSA) is 59.5 Å². The maximum Gasteiger partial charge on any atom is 0.276 e. The van der Waals surface area contributed by atoms with E-state index in [0.29, 0.717) is 25.3 Å². The Kier molecular flexibility index (Phi) is 3.00. The van der Waals surface area contributed by atoms with E-state index in [1.54, 1.807) is 6.92 Å². The first kappa shape index (κ1) is 11.3.